The Kier molecular flexibility index (Phi) is 2.90. The van der Waals surface area contributed by atoms with Crippen molar-refractivity contribution < 1.29 is 9.52 Å². The molecule has 1 N–H and O–H groups in total. The molecule has 0 spiro atoms. The highest BCUT2D eigenvalue weighted by atomic mass is 16.4. The van der Waals surface area contributed by atoms with E-state index in [-0.39, 0.29) is 5.75 Å². The van der Waals surface area contributed by atoms with Gasteiger partial charge in [-0.25, -0.2) is 4.79 Å². The van der Waals surface area contributed by atoms with E-state index < -0.39 is 5.63 Å². The van der Waals surface area contributed by atoms with Crippen LogP contribution in [0.15, 0.2) is 27.4 Å². The lowest BCUT2D eigenvalue weighted by atomic mass is 10.1. The molecule has 0 atom stereocenters. The molecule has 3 nitrogen and oxygen atoms in total. The molecule has 0 saturated heterocycles. The smallest absolute Gasteiger partial charge is 0.339 e. The normalized spacial score (nSPS) is 10.9. The van der Waals surface area contributed by atoms with Crippen LogP contribution in [0, 0.1) is 6.92 Å². The van der Waals surface area contributed by atoms with Gasteiger partial charge in [-0.2, -0.15) is 0 Å². The average Bonchev–Trinajstić information content (AvgIpc) is 2.02. The number of rotatable bonds is 2. The van der Waals surface area contributed by atoms with E-state index in [2.05, 4.69) is 0 Å². The first kappa shape index (κ1) is 9.58. The van der Waals surface area contributed by atoms with Crippen LogP contribution in [0.4, 0.5) is 0 Å². The molecule has 1 heterocycles. The van der Waals surface area contributed by atoms with Crippen LogP contribution in [0.1, 0.15) is 18.2 Å². The molecule has 0 unspecified atom stereocenters. The van der Waals surface area contributed by atoms with E-state index in [1.165, 1.54) is 0 Å². The molecule has 0 aliphatic carbocycles. The average molecular weight is 180 g/mol. The summed E-state index contributed by atoms with van der Waals surface area (Å²) in [7, 11) is 0. The van der Waals surface area contributed by atoms with Crippen LogP contribution in [0.3, 0.4) is 0 Å². The number of aromatic hydroxyl groups is 1. The third kappa shape index (κ3) is 2.21. The Bertz CT molecular complexity index is 348. The Balaban J connectivity index is 3.13. The first-order valence-corrected chi connectivity index (χ1v) is 4.09. The van der Waals surface area contributed by atoms with Gasteiger partial charge in [-0.15, -0.1) is 0 Å². The highest BCUT2D eigenvalue weighted by Gasteiger charge is 2.06. The molecule has 0 fully saturated rings. The van der Waals surface area contributed by atoms with E-state index in [9.17, 15) is 9.90 Å². The third-order valence-corrected chi connectivity index (χ3v) is 1.80. The van der Waals surface area contributed by atoms with E-state index in [0.717, 1.165) is 6.07 Å². The van der Waals surface area contributed by atoms with Crippen molar-refractivity contribution in [3.63, 3.8) is 0 Å². The quantitative estimate of drug-likeness (QED) is 0.705. The maximum atomic E-state index is 10.8. The van der Waals surface area contributed by atoms with Gasteiger partial charge in [-0.3, -0.25) is 0 Å². The topological polar surface area (TPSA) is 50.4 Å². The predicted octanol–water partition coefficient (Wildman–Crippen LogP) is 1.77. The predicted molar refractivity (Wildman–Crippen MR) is 49.9 cm³/mol. The molecular weight excluding hydrogens is 168 g/mol. The van der Waals surface area contributed by atoms with Crippen molar-refractivity contribution in [2.75, 3.05) is 0 Å². The summed E-state index contributed by atoms with van der Waals surface area (Å²) >= 11 is 0. The molecule has 1 rings (SSSR count). The van der Waals surface area contributed by atoms with Crippen molar-refractivity contribution in [2.24, 2.45) is 0 Å². The van der Waals surface area contributed by atoms with E-state index in [1.54, 1.807) is 6.92 Å². The van der Waals surface area contributed by atoms with Gasteiger partial charge in [0.25, 0.3) is 0 Å². The summed E-state index contributed by atoms with van der Waals surface area (Å²) < 4.78 is 4.84. The van der Waals surface area contributed by atoms with Crippen LogP contribution in [-0.4, -0.2) is 5.11 Å². The zero-order valence-electron chi connectivity index (χ0n) is 7.70. The van der Waals surface area contributed by atoms with Crippen LogP contribution in [0.5, 0.6) is 5.75 Å². The standard InChI is InChI=1S/C10H12O3/c1-3-4-5-8-7(2)13-10(12)6-9(8)11/h3-4,6,11H,5H2,1-2H3/b4-3+. The second-order valence-corrected chi connectivity index (χ2v) is 2.76. The summed E-state index contributed by atoms with van der Waals surface area (Å²) in [5, 5.41) is 9.40. The first-order valence-electron chi connectivity index (χ1n) is 4.09. The molecule has 0 saturated carbocycles. The largest absolute Gasteiger partial charge is 0.507 e. The Morgan fingerprint density at radius 3 is 2.85 bits per heavy atom. The fraction of sp³-hybridized carbons (Fsp3) is 0.300. The van der Waals surface area contributed by atoms with Crippen LogP contribution in [0.2, 0.25) is 0 Å². The number of aryl methyl sites for hydroxylation is 1. The van der Waals surface area contributed by atoms with Crippen molar-refractivity contribution in [2.45, 2.75) is 20.3 Å². The van der Waals surface area contributed by atoms with Gasteiger partial charge in [-0.05, 0) is 20.3 Å². The van der Waals surface area contributed by atoms with Crippen molar-refractivity contribution in [1.29, 1.82) is 0 Å². The minimum Gasteiger partial charge on any atom is -0.507 e. The number of hydrogen-bond donors (Lipinski definition) is 1. The summed E-state index contributed by atoms with van der Waals surface area (Å²) in [6, 6.07) is 1.09. The summed E-state index contributed by atoms with van der Waals surface area (Å²) in [5.74, 6) is 0.481. The third-order valence-electron chi connectivity index (χ3n) is 1.80. The van der Waals surface area contributed by atoms with E-state index in [4.69, 9.17) is 4.42 Å². The molecule has 13 heavy (non-hydrogen) atoms. The summed E-state index contributed by atoms with van der Waals surface area (Å²) in [6.45, 7) is 3.56. The minimum atomic E-state index is -0.515. The molecule has 0 aromatic carbocycles. The monoisotopic (exact) mass is 180 g/mol. The summed E-state index contributed by atoms with van der Waals surface area (Å²) in [5.41, 5.74) is 0.150. The Hall–Kier alpha value is -1.51. The summed E-state index contributed by atoms with van der Waals surface area (Å²) in [4.78, 5) is 10.8. The second kappa shape index (κ2) is 3.94. The van der Waals surface area contributed by atoms with Crippen LogP contribution >= 0.6 is 0 Å². The van der Waals surface area contributed by atoms with Gasteiger partial charge in [0.1, 0.15) is 11.5 Å². The fourth-order valence-corrected chi connectivity index (χ4v) is 1.11. The zero-order chi connectivity index (χ0) is 9.84. The second-order valence-electron chi connectivity index (χ2n) is 2.76. The molecule has 70 valence electrons. The SMILES string of the molecule is C/C=C/Cc1c(O)cc(=O)oc1C. The van der Waals surface area contributed by atoms with Gasteiger partial charge in [0.15, 0.2) is 0 Å². The first-order chi connectivity index (χ1) is 6.15. The highest BCUT2D eigenvalue weighted by molar-refractivity contribution is 5.33. The van der Waals surface area contributed by atoms with Crippen LogP contribution < -0.4 is 5.63 Å². The molecule has 0 amide bonds. The maximum absolute atomic E-state index is 10.8. The van der Waals surface area contributed by atoms with Crippen LogP contribution in [-0.2, 0) is 6.42 Å². The van der Waals surface area contributed by atoms with Crippen molar-refractivity contribution in [3.8, 4) is 5.75 Å². The van der Waals surface area contributed by atoms with Gasteiger partial charge in [0.05, 0.1) is 6.07 Å². The summed E-state index contributed by atoms with van der Waals surface area (Å²) in [6.07, 6.45) is 4.35. The lowest BCUT2D eigenvalue weighted by molar-refractivity contribution is 0.425. The Morgan fingerprint density at radius 2 is 2.31 bits per heavy atom. The Labute approximate surface area is 76.3 Å². The lowest BCUT2D eigenvalue weighted by Gasteiger charge is -2.02. The van der Waals surface area contributed by atoms with Gasteiger partial charge in [0.2, 0.25) is 0 Å². The van der Waals surface area contributed by atoms with Gasteiger partial charge < -0.3 is 9.52 Å². The highest BCUT2D eigenvalue weighted by Crippen LogP contribution is 2.18. The molecule has 0 aliphatic heterocycles. The molecule has 3 heteroatoms. The fourth-order valence-electron chi connectivity index (χ4n) is 1.11. The molecule has 1 aromatic rings. The lowest BCUT2D eigenvalue weighted by Crippen LogP contribution is -2.00. The molecule has 0 aliphatic rings. The van der Waals surface area contributed by atoms with E-state index >= 15 is 0 Å². The molecule has 0 bridgehead atoms. The van der Waals surface area contributed by atoms with Gasteiger partial charge >= 0.3 is 5.63 Å². The molecule has 1 aromatic heterocycles. The zero-order valence-corrected chi connectivity index (χ0v) is 7.70. The number of hydrogen-bond acceptors (Lipinski definition) is 3. The van der Waals surface area contributed by atoms with Crippen LogP contribution in [0.25, 0.3) is 0 Å². The number of allylic oxidation sites excluding steroid dienone is 2. The molecular formula is C10H12O3. The van der Waals surface area contributed by atoms with Gasteiger partial charge in [0, 0.05) is 5.56 Å². The van der Waals surface area contributed by atoms with E-state index in [0.29, 0.717) is 17.7 Å². The van der Waals surface area contributed by atoms with Gasteiger partial charge in [-0.1, -0.05) is 12.2 Å². The van der Waals surface area contributed by atoms with E-state index in [1.807, 2.05) is 19.1 Å². The Morgan fingerprint density at radius 1 is 1.62 bits per heavy atom. The maximum Gasteiger partial charge on any atom is 0.339 e. The van der Waals surface area contributed by atoms with Crippen molar-refractivity contribution in [3.05, 3.63) is 40.0 Å². The minimum absolute atomic E-state index is 0.00634. The molecule has 0 radical (unpaired) electrons. The van der Waals surface area contributed by atoms with Crippen molar-refractivity contribution >= 4 is 0 Å². The van der Waals surface area contributed by atoms with Crippen molar-refractivity contribution in [1.82, 2.24) is 0 Å².